The normalized spacial score (nSPS) is 10.3. The largest absolute Gasteiger partial charge is 0.380 e. The number of hydrogen-bond donors (Lipinski definition) is 2. The summed E-state index contributed by atoms with van der Waals surface area (Å²) in [6.45, 7) is -0.0740. The number of carbonyl (C=O) groups is 1. The Bertz CT molecular complexity index is 656. The molecular formula is C15H13ClF2N2O. The highest BCUT2D eigenvalue weighted by Crippen LogP contribution is 2.24. The fourth-order valence-electron chi connectivity index (χ4n) is 1.83. The molecule has 0 atom stereocenters. The van der Waals surface area contributed by atoms with Gasteiger partial charge in [0.15, 0.2) is 0 Å². The summed E-state index contributed by atoms with van der Waals surface area (Å²) >= 11 is 6.01. The lowest BCUT2D eigenvalue weighted by Gasteiger charge is -2.11. The lowest BCUT2D eigenvalue weighted by Crippen LogP contribution is -2.18. The number of anilines is 1. The SMILES string of the molecule is CNC(=O)c1ccc(Cl)c(NCc2c(F)cccc2F)c1. The molecule has 110 valence electrons. The summed E-state index contributed by atoms with van der Waals surface area (Å²) in [6.07, 6.45) is 0. The predicted molar refractivity (Wildman–Crippen MR) is 78.5 cm³/mol. The number of amides is 1. The molecule has 1 amide bonds. The van der Waals surface area contributed by atoms with Crippen LogP contribution in [0.5, 0.6) is 0 Å². The molecule has 3 nitrogen and oxygen atoms in total. The molecule has 6 heteroatoms. The molecule has 0 saturated carbocycles. The first-order chi connectivity index (χ1) is 10.0. The number of rotatable bonds is 4. The Hall–Kier alpha value is -2.14. The first-order valence-corrected chi connectivity index (χ1v) is 6.59. The minimum atomic E-state index is -0.638. The Labute approximate surface area is 125 Å². The van der Waals surface area contributed by atoms with E-state index in [1.165, 1.54) is 31.3 Å². The van der Waals surface area contributed by atoms with Crippen molar-refractivity contribution in [2.75, 3.05) is 12.4 Å². The van der Waals surface area contributed by atoms with Crippen molar-refractivity contribution in [3.63, 3.8) is 0 Å². The van der Waals surface area contributed by atoms with Crippen LogP contribution >= 0.6 is 11.6 Å². The van der Waals surface area contributed by atoms with Crippen molar-refractivity contribution in [2.45, 2.75) is 6.54 Å². The monoisotopic (exact) mass is 310 g/mol. The molecule has 2 aromatic rings. The Kier molecular flexibility index (Phi) is 4.75. The lowest BCUT2D eigenvalue weighted by molar-refractivity contribution is 0.0963. The molecule has 21 heavy (non-hydrogen) atoms. The number of benzene rings is 2. The van der Waals surface area contributed by atoms with E-state index >= 15 is 0 Å². The molecule has 0 aliphatic heterocycles. The van der Waals surface area contributed by atoms with Crippen LogP contribution in [-0.4, -0.2) is 13.0 Å². The highest BCUT2D eigenvalue weighted by atomic mass is 35.5. The summed E-state index contributed by atoms with van der Waals surface area (Å²) < 4.78 is 27.1. The van der Waals surface area contributed by atoms with Gasteiger partial charge in [-0.2, -0.15) is 0 Å². The van der Waals surface area contributed by atoms with Crippen molar-refractivity contribution in [1.29, 1.82) is 0 Å². The van der Waals surface area contributed by atoms with Crippen molar-refractivity contribution < 1.29 is 13.6 Å². The van der Waals surface area contributed by atoms with Gasteiger partial charge in [0, 0.05) is 24.7 Å². The van der Waals surface area contributed by atoms with Crippen molar-refractivity contribution in [1.82, 2.24) is 5.32 Å². The van der Waals surface area contributed by atoms with E-state index in [-0.39, 0.29) is 18.0 Å². The first-order valence-electron chi connectivity index (χ1n) is 6.21. The zero-order valence-corrected chi connectivity index (χ0v) is 12.0. The van der Waals surface area contributed by atoms with Crippen molar-refractivity contribution >= 4 is 23.2 Å². The lowest BCUT2D eigenvalue weighted by atomic mass is 10.1. The minimum Gasteiger partial charge on any atom is -0.380 e. The molecule has 0 aliphatic carbocycles. The van der Waals surface area contributed by atoms with E-state index in [1.807, 2.05) is 0 Å². The van der Waals surface area contributed by atoms with Crippen LogP contribution in [0.1, 0.15) is 15.9 Å². The van der Waals surface area contributed by atoms with Gasteiger partial charge in [0.05, 0.1) is 10.7 Å². The van der Waals surface area contributed by atoms with E-state index < -0.39 is 11.6 Å². The summed E-state index contributed by atoms with van der Waals surface area (Å²) in [5, 5.41) is 5.69. The number of nitrogens with one attached hydrogen (secondary N) is 2. The Morgan fingerprint density at radius 1 is 1.19 bits per heavy atom. The molecule has 0 saturated heterocycles. The van der Waals surface area contributed by atoms with Crippen molar-refractivity contribution in [3.05, 3.63) is 64.2 Å². The molecule has 2 N–H and O–H groups in total. The van der Waals surface area contributed by atoms with Crippen LogP contribution in [0, 0.1) is 11.6 Å². The Morgan fingerprint density at radius 2 is 1.86 bits per heavy atom. The third kappa shape index (κ3) is 3.49. The molecule has 0 spiro atoms. The highest BCUT2D eigenvalue weighted by Gasteiger charge is 2.11. The van der Waals surface area contributed by atoms with Crippen LogP contribution < -0.4 is 10.6 Å². The quantitative estimate of drug-likeness (QED) is 0.906. The van der Waals surface area contributed by atoms with Crippen LogP contribution in [0.3, 0.4) is 0 Å². The van der Waals surface area contributed by atoms with E-state index in [0.717, 1.165) is 0 Å². The second kappa shape index (κ2) is 6.54. The smallest absolute Gasteiger partial charge is 0.251 e. The molecule has 2 rings (SSSR count). The first kappa shape index (κ1) is 15.3. The third-order valence-corrected chi connectivity index (χ3v) is 3.30. The Balaban J connectivity index is 2.22. The van der Waals surface area contributed by atoms with Gasteiger partial charge in [-0.05, 0) is 30.3 Å². The fourth-order valence-corrected chi connectivity index (χ4v) is 2.02. The van der Waals surface area contributed by atoms with Gasteiger partial charge < -0.3 is 10.6 Å². The summed E-state index contributed by atoms with van der Waals surface area (Å²) in [6, 6.07) is 8.31. The number of halogens is 3. The predicted octanol–water partition coefficient (Wildman–Crippen LogP) is 3.59. The van der Waals surface area contributed by atoms with Gasteiger partial charge in [0.2, 0.25) is 0 Å². The van der Waals surface area contributed by atoms with E-state index in [1.54, 1.807) is 12.1 Å². The average Bonchev–Trinajstić information content (AvgIpc) is 2.47. The van der Waals surface area contributed by atoms with Crippen LogP contribution in [0.4, 0.5) is 14.5 Å². The van der Waals surface area contributed by atoms with Crippen LogP contribution in [-0.2, 0) is 6.54 Å². The van der Waals surface area contributed by atoms with Gasteiger partial charge in [-0.1, -0.05) is 17.7 Å². The van der Waals surface area contributed by atoms with E-state index in [2.05, 4.69) is 10.6 Å². The van der Waals surface area contributed by atoms with E-state index in [9.17, 15) is 13.6 Å². The molecule has 0 aromatic heterocycles. The molecule has 0 aliphatic rings. The summed E-state index contributed by atoms with van der Waals surface area (Å²) in [4.78, 5) is 11.6. The molecule has 2 aromatic carbocycles. The average molecular weight is 311 g/mol. The maximum absolute atomic E-state index is 13.5. The zero-order valence-electron chi connectivity index (χ0n) is 11.2. The number of hydrogen-bond acceptors (Lipinski definition) is 2. The van der Waals surface area contributed by atoms with E-state index in [4.69, 9.17) is 11.6 Å². The van der Waals surface area contributed by atoms with Crippen LogP contribution in [0.2, 0.25) is 5.02 Å². The molecule has 0 radical (unpaired) electrons. The fraction of sp³-hybridized carbons (Fsp3) is 0.133. The van der Waals surface area contributed by atoms with Gasteiger partial charge in [-0.15, -0.1) is 0 Å². The third-order valence-electron chi connectivity index (χ3n) is 2.97. The summed E-state index contributed by atoms with van der Waals surface area (Å²) in [5.41, 5.74) is 0.748. The molecular weight excluding hydrogens is 298 g/mol. The van der Waals surface area contributed by atoms with Crippen LogP contribution in [0.15, 0.2) is 36.4 Å². The van der Waals surface area contributed by atoms with Crippen molar-refractivity contribution in [3.8, 4) is 0 Å². The zero-order chi connectivity index (χ0) is 15.4. The molecule has 0 fully saturated rings. The van der Waals surface area contributed by atoms with Gasteiger partial charge in [-0.3, -0.25) is 4.79 Å². The van der Waals surface area contributed by atoms with Gasteiger partial charge >= 0.3 is 0 Å². The van der Waals surface area contributed by atoms with Crippen molar-refractivity contribution in [2.24, 2.45) is 0 Å². The van der Waals surface area contributed by atoms with Gasteiger partial charge in [-0.25, -0.2) is 8.78 Å². The maximum atomic E-state index is 13.5. The second-order valence-electron chi connectivity index (χ2n) is 4.33. The second-order valence-corrected chi connectivity index (χ2v) is 4.73. The molecule has 0 bridgehead atoms. The van der Waals surface area contributed by atoms with Gasteiger partial charge in [0.1, 0.15) is 11.6 Å². The van der Waals surface area contributed by atoms with Gasteiger partial charge in [0.25, 0.3) is 5.91 Å². The number of carbonyl (C=O) groups excluding carboxylic acids is 1. The Morgan fingerprint density at radius 3 is 2.48 bits per heavy atom. The maximum Gasteiger partial charge on any atom is 0.251 e. The summed E-state index contributed by atoms with van der Waals surface area (Å²) in [5.74, 6) is -1.55. The molecule has 0 unspecified atom stereocenters. The molecule has 0 heterocycles. The van der Waals surface area contributed by atoms with E-state index in [0.29, 0.717) is 16.3 Å². The topological polar surface area (TPSA) is 41.1 Å². The van der Waals surface area contributed by atoms with Crippen LogP contribution in [0.25, 0.3) is 0 Å². The summed E-state index contributed by atoms with van der Waals surface area (Å²) in [7, 11) is 1.51. The minimum absolute atomic E-state index is 0.0740. The standard InChI is InChI=1S/C15H13ClF2N2O/c1-19-15(21)9-5-6-11(16)14(7-9)20-8-10-12(17)3-2-4-13(10)18/h2-7,20H,8H2,1H3,(H,19,21). The highest BCUT2D eigenvalue weighted by molar-refractivity contribution is 6.33.